The molecule has 0 radical (unpaired) electrons. The first-order chi connectivity index (χ1) is 10.6. The Hall–Kier alpha value is -2.63. The summed E-state index contributed by atoms with van der Waals surface area (Å²) in [6.07, 6.45) is 1.49. The van der Waals surface area contributed by atoms with Gasteiger partial charge in [0.15, 0.2) is 0 Å². The lowest BCUT2D eigenvalue weighted by molar-refractivity contribution is 0.325. The van der Waals surface area contributed by atoms with Crippen LogP contribution >= 0.6 is 0 Å². The van der Waals surface area contributed by atoms with Crippen LogP contribution in [0.15, 0.2) is 35.1 Å². The van der Waals surface area contributed by atoms with E-state index in [1.807, 2.05) is 43.1 Å². The lowest BCUT2D eigenvalue weighted by atomic mass is 10.2. The van der Waals surface area contributed by atoms with Gasteiger partial charge in [0, 0.05) is 7.05 Å². The third-order valence-corrected chi connectivity index (χ3v) is 3.50. The number of hydrogen-bond donors (Lipinski definition) is 0. The number of benzene rings is 1. The normalized spacial score (nSPS) is 10.9. The average molecular weight is 298 g/mol. The van der Waals surface area contributed by atoms with Crippen molar-refractivity contribution in [2.45, 2.75) is 13.8 Å². The minimum Gasteiger partial charge on any atom is -0.492 e. The zero-order chi connectivity index (χ0) is 15.5. The molecule has 3 rings (SSSR count). The van der Waals surface area contributed by atoms with E-state index in [0.29, 0.717) is 18.9 Å². The van der Waals surface area contributed by atoms with Crippen molar-refractivity contribution >= 4 is 16.9 Å². The highest BCUT2D eigenvalue weighted by atomic mass is 16.5. The Morgan fingerprint density at radius 1 is 1.14 bits per heavy atom. The summed E-state index contributed by atoms with van der Waals surface area (Å²) >= 11 is 0. The van der Waals surface area contributed by atoms with Gasteiger partial charge < -0.3 is 14.2 Å². The molecule has 1 aromatic carbocycles. The Morgan fingerprint density at radius 3 is 2.68 bits per heavy atom. The van der Waals surface area contributed by atoms with Gasteiger partial charge in [0.2, 0.25) is 0 Å². The van der Waals surface area contributed by atoms with Crippen LogP contribution in [0, 0.1) is 13.8 Å². The molecule has 0 aliphatic heterocycles. The van der Waals surface area contributed by atoms with E-state index in [0.717, 1.165) is 22.6 Å². The summed E-state index contributed by atoms with van der Waals surface area (Å²) in [5.74, 6) is 1.67. The Morgan fingerprint density at radius 2 is 1.91 bits per heavy atom. The minimum absolute atomic E-state index is 0.508. The highest BCUT2D eigenvalue weighted by Crippen LogP contribution is 2.24. The van der Waals surface area contributed by atoms with E-state index < -0.39 is 0 Å². The van der Waals surface area contributed by atoms with Crippen LogP contribution < -0.4 is 9.64 Å². The molecule has 0 spiro atoms. The number of fused-ring (bicyclic) bond motifs is 1. The van der Waals surface area contributed by atoms with Crippen molar-refractivity contribution in [2.75, 3.05) is 25.1 Å². The topological polar surface area (TPSA) is 64.3 Å². The largest absolute Gasteiger partial charge is 0.492 e. The molecule has 0 unspecified atom stereocenters. The maximum Gasteiger partial charge on any atom is 0.263 e. The van der Waals surface area contributed by atoms with E-state index in [1.54, 1.807) is 0 Å². The quantitative estimate of drug-likeness (QED) is 0.721. The third-order valence-electron chi connectivity index (χ3n) is 3.50. The van der Waals surface area contributed by atoms with Gasteiger partial charge in [-0.3, -0.25) is 0 Å². The molecular weight excluding hydrogens is 280 g/mol. The van der Waals surface area contributed by atoms with Crippen LogP contribution in [0.2, 0.25) is 0 Å². The molecule has 6 heteroatoms. The molecule has 2 aromatic heterocycles. The fraction of sp³-hybridized carbons (Fsp3) is 0.312. The Kier molecular flexibility index (Phi) is 3.91. The van der Waals surface area contributed by atoms with Gasteiger partial charge in [-0.05, 0) is 26.0 Å². The molecule has 2 heterocycles. The van der Waals surface area contributed by atoms with Crippen molar-refractivity contribution in [3.63, 3.8) is 0 Å². The molecule has 0 aliphatic rings. The molecule has 0 fully saturated rings. The Labute approximate surface area is 128 Å². The predicted molar refractivity (Wildman–Crippen MR) is 84.3 cm³/mol. The van der Waals surface area contributed by atoms with Gasteiger partial charge in [0.25, 0.3) is 5.71 Å². The van der Waals surface area contributed by atoms with Crippen molar-refractivity contribution in [3.05, 3.63) is 41.9 Å². The van der Waals surface area contributed by atoms with Crippen molar-refractivity contribution in [1.29, 1.82) is 0 Å². The molecule has 0 aliphatic carbocycles. The van der Waals surface area contributed by atoms with Crippen LogP contribution in [0.1, 0.15) is 11.3 Å². The number of rotatable bonds is 5. The van der Waals surface area contributed by atoms with Crippen molar-refractivity contribution in [2.24, 2.45) is 0 Å². The van der Waals surface area contributed by atoms with E-state index in [-0.39, 0.29) is 0 Å². The van der Waals surface area contributed by atoms with Gasteiger partial charge in [-0.25, -0.2) is 4.98 Å². The van der Waals surface area contributed by atoms with Crippen LogP contribution in [0.3, 0.4) is 0 Å². The number of ether oxygens (including phenoxy) is 1. The number of aryl methyl sites for hydroxylation is 2. The third kappa shape index (κ3) is 2.86. The maximum atomic E-state index is 5.75. The summed E-state index contributed by atoms with van der Waals surface area (Å²) in [5, 5.41) is 4.79. The SMILES string of the molecule is Cc1ccc(OCCN(C)c2ncnc3onc(C)c23)cc1. The lowest BCUT2D eigenvalue weighted by Crippen LogP contribution is -2.25. The van der Waals surface area contributed by atoms with Gasteiger partial charge in [-0.1, -0.05) is 22.9 Å². The molecule has 0 N–H and O–H groups in total. The van der Waals surface area contributed by atoms with Crippen LogP contribution in [0.4, 0.5) is 5.82 Å². The van der Waals surface area contributed by atoms with Gasteiger partial charge >= 0.3 is 0 Å². The van der Waals surface area contributed by atoms with Crippen LogP contribution in [0.25, 0.3) is 11.1 Å². The lowest BCUT2D eigenvalue weighted by Gasteiger charge is -2.18. The highest BCUT2D eigenvalue weighted by Gasteiger charge is 2.15. The monoisotopic (exact) mass is 298 g/mol. The Balaban J connectivity index is 1.67. The fourth-order valence-corrected chi connectivity index (χ4v) is 2.23. The molecule has 0 amide bonds. The summed E-state index contributed by atoms with van der Waals surface area (Å²) in [4.78, 5) is 10.4. The van der Waals surface area contributed by atoms with E-state index in [1.165, 1.54) is 11.9 Å². The standard InChI is InChI=1S/C16H18N4O2/c1-11-4-6-13(7-5-11)21-9-8-20(3)15-14-12(2)19-22-16(14)18-10-17-15/h4-7,10H,8-9H2,1-3H3. The molecule has 0 saturated heterocycles. The minimum atomic E-state index is 0.508. The molecule has 6 nitrogen and oxygen atoms in total. The molecule has 114 valence electrons. The number of aromatic nitrogens is 3. The predicted octanol–water partition coefficient (Wildman–Crippen LogP) is 2.75. The zero-order valence-corrected chi connectivity index (χ0v) is 12.9. The molecule has 0 saturated carbocycles. The molecule has 3 aromatic rings. The highest BCUT2D eigenvalue weighted by molar-refractivity contribution is 5.87. The molecule has 22 heavy (non-hydrogen) atoms. The summed E-state index contributed by atoms with van der Waals surface area (Å²) in [5.41, 5.74) is 2.52. The van der Waals surface area contributed by atoms with E-state index in [2.05, 4.69) is 22.0 Å². The van der Waals surface area contributed by atoms with Crippen LogP contribution in [-0.2, 0) is 0 Å². The van der Waals surface area contributed by atoms with Crippen LogP contribution in [0.5, 0.6) is 5.75 Å². The summed E-state index contributed by atoms with van der Waals surface area (Å²) in [6.45, 7) is 5.20. The first-order valence-electron chi connectivity index (χ1n) is 7.13. The van der Waals surface area contributed by atoms with Gasteiger partial charge in [0.05, 0.1) is 12.2 Å². The summed E-state index contributed by atoms with van der Waals surface area (Å²) < 4.78 is 10.9. The fourth-order valence-electron chi connectivity index (χ4n) is 2.23. The average Bonchev–Trinajstić information content (AvgIpc) is 2.91. The van der Waals surface area contributed by atoms with Crippen molar-refractivity contribution in [1.82, 2.24) is 15.1 Å². The second-order valence-corrected chi connectivity index (χ2v) is 5.23. The van der Waals surface area contributed by atoms with E-state index >= 15 is 0 Å². The summed E-state index contributed by atoms with van der Waals surface area (Å²) in [6, 6.07) is 8.02. The van der Waals surface area contributed by atoms with Gasteiger partial charge in [-0.15, -0.1) is 0 Å². The smallest absolute Gasteiger partial charge is 0.263 e. The summed E-state index contributed by atoms with van der Waals surface area (Å²) in [7, 11) is 1.96. The first-order valence-corrected chi connectivity index (χ1v) is 7.13. The number of nitrogens with zero attached hydrogens (tertiary/aromatic N) is 4. The molecular formula is C16H18N4O2. The van der Waals surface area contributed by atoms with Crippen LogP contribution in [-0.4, -0.2) is 35.3 Å². The zero-order valence-electron chi connectivity index (χ0n) is 12.9. The van der Waals surface area contributed by atoms with Gasteiger partial charge in [0.1, 0.15) is 29.9 Å². The van der Waals surface area contributed by atoms with Crippen molar-refractivity contribution in [3.8, 4) is 5.75 Å². The molecule has 0 bridgehead atoms. The number of anilines is 1. The van der Waals surface area contributed by atoms with Crippen molar-refractivity contribution < 1.29 is 9.26 Å². The van der Waals surface area contributed by atoms with E-state index in [9.17, 15) is 0 Å². The van der Waals surface area contributed by atoms with Gasteiger partial charge in [-0.2, -0.15) is 4.98 Å². The Bertz CT molecular complexity index is 767. The maximum absolute atomic E-state index is 5.75. The second kappa shape index (κ2) is 6.01. The first kappa shape index (κ1) is 14.3. The van der Waals surface area contributed by atoms with E-state index in [4.69, 9.17) is 9.26 Å². The number of hydrogen-bond acceptors (Lipinski definition) is 6. The number of likely N-dealkylation sites (N-methyl/N-ethyl adjacent to an activating group) is 1. The second-order valence-electron chi connectivity index (χ2n) is 5.23. The molecule has 0 atom stereocenters.